The molecule has 1 amide bonds. The number of alkyl halides is 1. The van der Waals surface area contributed by atoms with E-state index >= 15 is 0 Å². The van der Waals surface area contributed by atoms with E-state index in [0.29, 0.717) is 28.4 Å². The van der Waals surface area contributed by atoms with Gasteiger partial charge in [0.15, 0.2) is 6.29 Å². The van der Waals surface area contributed by atoms with Crippen LogP contribution in [0.1, 0.15) is 10.5 Å². The topological polar surface area (TPSA) is 53.2 Å². The van der Waals surface area contributed by atoms with Gasteiger partial charge in [0.25, 0.3) is 0 Å². The molecule has 2 aromatic carbocycles. The molecule has 0 unspecified atom stereocenters. The molecule has 1 aromatic heterocycles. The summed E-state index contributed by atoms with van der Waals surface area (Å²) < 4.78 is 0. The Labute approximate surface area is 142 Å². The molecule has 0 spiro atoms. The number of aldehydes is 1. The number of carbonyl (C=O) groups excluding carboxylic acids is 2. The van der Waals surface area contributed by atoms with Gasteiger partial charge in [0.2, 0.25) is 5.91 Å². The van der Waals surface area contributed by atoms with Gasteiger partial charge in [0.1, 0.15) is 11.6 Å². The summed E-state index contributed by atoms with van der Waals surface area (Å²) in [4.78, 5) is 28.4. The van der Waals surface area contributed by atoms with Crippen LogP contribution in [0.2, 0.25) is 5.02 Å². The molecular weight excluding hydrogens is 335 g/mol. The molecule has 3 aromatic rings. The molecule has 1 heterocycles. The maximum atomic E-state index is 12.4. The SMILES string of the molecule is O=Cc1[nH]c2ccccc2c1N(C(=O)CCl)c1ccc(Cl)cc1. The molecule has 4 nitrogen and oxygen atoms in total. The number of hydrogen-bond acceptors (Lipinski definition) is 2. The van der Waals surface area contributed by atoms with Crippen LogP contribution >= 0.6 is 23.2 Å². The number of aromatic amines is 1. The first-order chi connectivity index (χ1) is 11.2. The first-order valence-corrected chi connectivity index (χ1v) is 7.77. The lowest BCUT2D eigenvalue weighted by atomic mass is 10.1. The monoisotopic (exact) mass is 346 g/mol. The lowest BCUT2D eigenvalue weighted by Crippen LogP contribution is -2.27. The second kappa shape index (κ2) is 6.44. The van der Waals surface area contributed by atoms with E-state index in [-0.39, 0.29) is 11.8 Å². The van der Waals surface area contributed by atoms with Gasteiger partial charge in [-0.1, -0.05) is 29.8 Å². The Kier molecular flexibility index (Phi) is 4.37. The van der Waals surface area contributed by atoms with Crippen molar-refractivity contribution in [2.75, 3.05) is 10.8 Å². The molecule has 116 valence electrons. The predicted molar refractivity (Wildman–Crippen MR) is 93.0 cm³/mol. The molecule has 0 bridgehead atoms. The van der Waals surface area contributed by atoms with Crippen molar-refractivity contribution in [3.63, 3.8) is 0 Å². The van der Waals surface area contributed by atoms with Crippen molar-refractivity contribution in [1.29, 1.82) is 0 Å². The lowest BCUT2D eigenvalue weighted by Gasteiger charge is -2.22. The smallest absolute Gasteiger partial charge is 0.246 e. The van der Waals surface area contributed by atoms with Gasteiger partial charge in [-0.3, -0.25) is 14.5 Å². The summed E-state index contributed by atoms with van der Waals surface area (Å²) in [6.07, 6.45) is 0.694. The fraction of sp³-hybridized carbons (Fsp3) is 0.0588. The van der Waals surface area contributed by atoms with Crippen LogP contribution in [0, 0.1) is 0 Å². The molecule has 0 fully saturated rings. The van der Waals surface area contributed by atoms with E-state index in [1.165, 1.54) is 4.90 Å². The third-order valence-corrected chi connectivity index (χ3v) is 3.98. The van der Waals surface area contributed by atoms with Crippen molar-refractivity contribution in [1.82, 2.24) is 4.98 Å². The van der Waals surface area contributed by atoms with Crippen LogP contribution in [0.3, 0.4) is 0 Å². The van der Waals surface area contributed by atoms with Gasteiger partial charge >= 0.3 is 0 Å². The number of carbonyl (C=O) groups is 2. The minimum absolute atomic E-state index is 0.208. The normalized spacial score (nSPS) is 10.7. The number of H-pyrrole nitrogens is 1. The van der Waals surface area contributed by atoms with E-state index in [1.54, 1.807) is 24.3 Å². The largest absolute Gasteiger partial charge is 0.351 e. The molecule has 23 heavy (non-hydrogen) atoms. The molecule has 1 N–H and O–H groups in total. The van der Waals surface area contributed by atoms with Crippen LogP contribution in [-0.4, -0.2) is 23.1 Å². The van der Waals surface area contributed by atoms with Crippen LogP contribution in [-0.2, 0) is 4.79 Å². The first-order valence-electron chi connectivity index (χ1n) is 6.86. The summed E-state index contributed by atoms with van der Waals surface area (Å²) in [5.41, 5.74) is 2.17. The Hall–Kier alpha value is -2.30. The van der Waals surface area contributed by atoms with Crippen molar-refractivity contribution in [3.8, 4) is 0 Å². The Morgan fingerprint density at radius 2 is 1.83 bits per heavy atom. The molecule has 0 atom stereocenters. The Morgan fingerprint density at radius 3 is 2.48 bits per heavy atom. The average Bonchev–Trinajstić information content (AvgIpc) is 2.95. The summed E-state index contributed by atoms with van der Waals surface area (Å²) in [7, 11) is 0. The Balaban J connectivity index is 2.27. The summed E-state index contributed by atoms with van der Waals surface area (Å²) in [5.74, 6) is -0.540. The molecule has 0 radical (unpaired) electrons. The third kappa shape index (κ3) is 2.83. The number of hydrogen-bond donors (Lipinski definition) is 1. The van der Waals surface area contributed by atoms with Gasteiger partial charge in [-0.05, 0) is 30.3 Å². The Morgan fingerprint density at radius 1 is 1.13 bits per heavy atom. The zero-order chi connectivity index (χ0) is 16.4. The van der Waals surface area contributed by atoms with Crippen molar-refractivity contribution >= 4 is 57.7 Å². The lowest BCUT2D eigenvalue weighted by molar-refractivity contribution is -0.115. The summed E-state index contributed by atoms with van der Waals surface area (Å²) >= 11 is 11.7. The number of nitrogens with zero attached hydrogens (tertiary/aromatic N) is 1. The van der Waals surface area contributed by atoms with E-state index in [2.05, 4.69) is 4.98 Å². The summed E-state index contributed by atoms with van der Waals surface area (Å²) in [6, 6.07) is 14.2. The van der Waals surface area contributed by atoms with E-state index in [0.717, 1.165) is 10.9 Å². The highest BCUT2D eigenvalue weighted by atomic mass is 35.5. The van der Waals surface area contributed by atoms with Crippen LogP contribution in [0.5, 0.6) is 0 Å². The van der Waals surface area contributed by atoms with Crippen molar-refractivity contribution in [2.24, 2.45) is 0 Å². The number of anilines is 2. The number of amides is 1. The average molecular weight is 347 g/mol. The number of nitrogens with one attached hydrogen (secondary N) is 1. The highest BCUT2D eigenvalue weighted by Crippen LogP contribution is 2.36. The van der Waals surface area contributed by atoms with Crippen molar-refractivity contribution < 1.29 is 9.59 Å². The van der Waals surface area contributed by atoms with Crippen LogP contribution in [0.25, 0.3) is 10.9 Å². The quantitative estimate of drug-likeness (QED) is 0.557. The maximum absolute atomic E-state index is 12.4. The molecule has 0 saturated carbocycles. The van der Waals surface area contributed by atoms with Crippen molar-refractivity contribution in [2.45, 2.75) is 0 Å². The minimum atomic E-state index is -0.332. The molecule has 0 aliphatic rings. The number of aromatic nitrogens is 1. The molecule has 0 saturated heterocycles. The zero-order valence-electron chi connectivity index (χ0n) is 11.9. The minimum Gasteiger partial charge on any atom is -0.351 e. The number of fused-ring (bicyclic) bond motifs is 1. The third-order valence-electron chi connectivity index (χ3n) is 3.50. The van der Waals surface area contributed by atoms with Crippen LogP contribution in [0.15, 0.2) is 48.5 Å². The second-order valence-corrected chi connectivity index (χ2v) is 5.59. The highest BCUT2D eigenvalue weighted by molar-refractivity contribution is 6.32. The number of para-hydroxylation sites is 1. The predicted octanol–water partition coefficient (Wildman–Crippen LogP) is 4.54. The number of halogens is 2. The first kappa shape index (κ1) is 15.6. The van der Waals surface area contributed by atoms with Crippen LogP contribution < -0.4 is 4.90 Å². The van der Waals surface area contributed by atoms with Gasteiger partial charge in [-0.25, -0.2) is 0 Å². The molecule has 3 rings (SSSR count). The molecular formula is C17H12Cl2N2O2. The van der Waals surface area contributed by atoms with E-state index < -0.39 is 0 Å². The molecule has 0 aliphatic carbocycles. The number of rotatable bonds is 4. The van der Waals surface area contributed by atoms with Gasteiger partial charge in [-0.2, -0.15) is 0 Å². The van der Waals surface area contributed by atoms with Crippen molar-refractivity contribution in [3.05, 3.63) is 59.2 Å². The number of benzene rings is 2. The highest BCUT2D eigenvalue weighted by Gasteiger charge is 2.24. The van der Waals surface area contributed by atoms with Crippen LogP contribution in [0.4, 0.5) is 11.4 Å². The summed E-state index contributed by atoms with van der Waals surface area (Å²) in [5, 5.41) is 1.32. The fourth-order valence-electron chi connectivity index (χ4n) is 2.52. The maximum Gasteiger partial charge on any atom is 0.246 e. The summed E-state index contributed by atoms with van der Waals surface area (Å²) in [6.45, 7) is 0. The van der Waals surface area contributed by atoms with Gasteiger partial charge in [0.05, 0.1) is 5.69 Å². The van der Waals surface area contributed by atoms with Gasteiger partial charge in [-0.15, -0.1) is 11.6 Å². The van der Waals surface area contributed by atoms with E-state index in [1.807, 2.05) is 24.3 Å². The fourth-order valence-corrected chi connectivity index (χ4v) is 2.77. The standard InChI is InChI=1S/C17H12Cl2N2O2/c18-9-16(23)21(12-7-5-11(19)6-8-12)17-13-3-1-2-4-14(13)20-15(17)10-22/h1-8,10,20H,9H2. The second-order valence-electron chi connectivity index (χ2n) is 4.89. The Bertz CT molecular complexity index is 872. The zero-order valence-corrected chi connectivity index (χ0v) is 13.4. The van der Waals surface area contributed by atoms with E-state index in [9.17, 15) is 9.59 Å². The molecule has 0 aliphatic heterocycles. The van der Waals surface area contributed by atoms with Gasteiger partial charge < -0.3 is 4.98 Å². The van der Waals surface area contributed by atoms with E-state index in [4.69, 9.17) is 23.2 Å². The molecule has 6 heteroatoms. The van der Waals surface area contributed by atoms with Gasteiger partial charge in [0, 0.05) is 21.6 Å².